The van der Waals surface area contributed by atoms with Gasteiger partial charge < -0.3 is 5.73 Å². The van der Waals surface area contributed by atoms with Gasteiger partial charge in [0.15, 0.2) is 0 Å². The highest BCUT2D eigenvalue weighted by molar-refractivity contribution is 6.12. The number of carbonyl (C=O) groups is 4. The van der Waals surface area contributed by atoms with Gasteiger partial charge in [-0.3, -0.25) is 24.1 Å². The van der Waals surface area contributed by atoms with Crippen LogP contribution in [0.15, 0.2) is 12.2 Å². The third-order valence-electron chi connectivity index (χ3n) is 3.82. The first-order chi connectivity index (χ1) is 10.4. The molecule has 0 radical (unpaired) electrons. The first kappa shape index (κ1) is 18.1. The van der Waals surface area contributed by atoms with E-state index in [-0.39, 0.29) is 29.4 Å². The van der Waals surface area contributed by atoms with Crippen molar-refractivity contribution in [1.82, 2.24) is 4.90 Å². The summed E-state index contributed by atoms with van der Waals surface area (Å²) in [5.74, 6) is -0.775. The molecule has 2 N–H and O–H groups in total. The van der Waals surface area contributed by atoms with Crippen molar-refractivity contribution in [2.24, 2.45) is 11.7 Å². The van der Waals surface area contributed by atoms with E-state index in [0.717, 1.165) is 30.6 Å². The van der Waals surface area contributed by atoms with Gasteiger partial charge in [-0.25, -0.2) is 0 Å². The van der Waals surface area contributed by atoms with E-state index in [1.807, 2.05) is 6.92 Å². The van der Waals surface area contributed by atoms with Gasteiger partial charge in [0.2, 0.25) is 5.91 Å². The zero-order valence-electron chi connectivity index (χ0n) is 13.0. The van der Waals surface area contributed by atoms with E-state index in [0.29, 0.717) is 25.8 Å². The van der Waals surface area contributed by atoms with Crippen LogP contribution in [0.5, 0.6) is 0 Å². The molecule has 6 nitrogen and oxygen atoms in total. The third kappa shape index (κ3) is 6.20. The monoisotopic (exact) mass is 308 g/mol. The fourth-order valence-corrected chi connectivity index (χ4v) is 2.40. The Morgan fingerprint density at radius 2 is 1.68 bits per heavy atom. The van der Waals surface area contributed by atoms with E-state index in [4.69, 9.17) is 5.73 Å². The molecular formula is C16H24N2O4. The molecule has 0 aromatic rings. The van der Waals surface area contributed by atoms with Crippen LogP contribution in [0.25, 0.3) is 0 Å². The van der Waals surface area contributed by atoms with Crippen molar-refractivity contribution >= 4 is 23.5 Å². The number of Topliss-reactive ketones (excluding diaryl/α,β-unsaturated/α-hetero) is 1. The Labute approximate surface area is 130 Å². The molecule has 0 aromatic carbocycles. The van der Waals surface area contributed by atoms with Gasteiger partial charge in [-0.15, -0.1) is 0 Å². The summed E-state index contributed by atoms with van der Waals surface area (Å²) >= 11 is 0. The first-order valence-corrected chi connectivity index (χ1v) is 7.76. The van der Waals surface area contributed by atoms with Crippen LogP contribution >= 0.6 is 0 Å². The molecule has 6 heteroatoms. The highest BCUT2D eigenvalue weighted by Gasteiger charge is 2.23. The summed E-state index contributed by atoms with van der Waals surface area (Å²) in [7, 11) is 0. The number of unbranched alkanes of at least 4 members (excludes halogenated alkanes) is 2. The van der Waals surface area contributed by atoms with E-state index >= 15 is 0 Å². The normalized spacial score (nSPS) is 15.4. The molecule has 1 aliphatic rings. The van der Waals surface area contributed by atoms with E-state index in [1.54, 1.807) is 0 Å². The quantitative estimate of drug-likeness (QED) is 0.460. The summed E-state index contributed by atoms with van der Waals surface area (Å²) in [6.45, 7) is 2.19. The van der Waals surface area contributed by atoms with Crippen LogP contribution in [0.1, 0.15) is 51.9 Å². The Bertz CT molecular complexity index is 453. The van der Waals surface area contributed by atoms with Crippen molar-refractivity contribution in [3.63, 3.8) is 0 Å². The van der Waals surface area contributed by atoms with Gasteiger partial charge in [0, 0.05) is 37.5 Å². The molecule has 1 atom stereocenters. The molecule has 0 fully saturated rings. The van der Waals surface area contributed by atoms with Crippen molar-refractivity contribution in [2.75, 3.05) is 6.54 Å². The van der Waals surface area contributed by atoms with Crippen LogP contribution in [-0.4, -0.2) is 34.9 Å². The van der Waals surface area contributed by atoms with Gasteiger partial charge in [0.1, 0.15) is 5.78 Å². The zero-order chi connectivity index (χ0) is 16.5. The number of primary amides is 1. The molecule has 1 aliphatic heterocycles. The molecule has 0 saturated heterocycles. The Morgan fingerprint density at radius 1 is 1.05 bits per heavy atom. The minimum absolute atomic E-state index is 0.0308. The van der Waals surface area contributed by atoms with Crippen LogP contribution in [0.4, 0.5) is 0 Å². The SMILES string of the molecule is CC(CCCCCC(N)=O)C(=O)CCCN1C(=O)C=CC1=O. The lowest BCUT2D eigenvalue weighted by Crippen LogP contribution is -2.31. The number of nitrogens with zero attached hydrogens (tertiary/aromatic N) is 1. The summed E-state index contributed by atoms with van der Waals surface area (Å²) < 4.78 is 0. The van der Waals surface area contributed by atoms with E-state index in [9.17, 15) is 19.2 Å². The van der Waals surface area contributed by atoms with Crippen molar-refractivity contribution < 1.29 is 19.2 Å². The molecule has 22 heavy (non-hydrogen) atoms. The maximum Gasteiger partial charge on any atom is 0.253 e. The molecule has 122 valence electrons. The van der Waals surface area contributed by atoms with Crippen LogP contribution < -0.4 is 5.73 Å². The summed E-state index contributed by atoms with van der Waals surface area (Å²) in [5, 5.41) is 0. The topological polar surface area (TPSA) is 97.5 Å². The number of amides is 3. The molecule has 0 spiro atoms. The molecule has 0 saturated carbocycles. The van der Waals surface area contributed by atoms with Gasteiger partial charge in [-0.1, -0.05) is 19.8 Å². The molecule has 1 unspecified atom stereocenters. The van der Waals surface area contributed by atoms with Crippen molar-refractivity contribution in [2.45, 2.75) is 51.9 Å². The highest BCUT2D eigenvalue weighted by Crippen LogP contribution is 2.14. The number of ketones is 1. The Balaban J connectivity index is 2.12. The standard InChI is InChI=1S/C16H24N2O4/c1-12(6-3-2-4-8-14(17)20)13(19)7-5-11-18-15(21)9-10-16(18)22/h9-10,12H,2-8,11H2,1H3,(H2,17,20). The predicted octanol–water partition coefficient (Wildman–Crippen LogP) is 1.33. The van der Waals surface area contributed by atoms with Crippen LogP contribution in [0, 0.1) is 5.92 Å². The minimum Gasteiger partial charge on any atom is -0.370 e. The van der Waals surface area contributed by atoms with Gasteiger partial charge >= 0.3 is 0 Å². The first-order valence-electron chi connectivity index (χ1n) is 7.76. The van der Waals surface area contributed by atoms with E-state index < -0.39 is 0 Å². The Hall–Kier alpha value is -1.98. The zero-order valence-corrected chi connectivity index (χ0v) is 13.0. The van der Waals surface area contributed by atoms with Gasteiger partial charge in [0.05, 0.1) is 0 Å². The van der Waals surface area contributed by atoms with Crippen molar-refractivity contribution in [3.05, 3.63) is 12.2 Å². The lowest BCUT2D eigenvalue weighted by atomic mass is 9.95. The Kier molecular flexibility index (Phi) is 7.49. The Morgan fingerprint density at radius 3 is 2.27 bits per heavy atom. The number of nitrogens with two attached hydrogens (primary N) is 1. The predicted molar refractivity (Wildman–Crippen MR) is 81.5 cm³/mol. The summed E-state index contributed by atoms with van der Waals surface area (Å²) in [6.07, 6.45) is 7.12. The van der Waals surface area contributed by atoms with Crippen molar-refractivity contribution in [3.8, 4) is 0 Å². The van der Waals surface area contributed by atoms with Crippen LogP contribution in [0.3, 0.4) is 0 Å². The second kappa shape index (κ2) is 9.12. The van der Waals surface area contributed by atoms with Crippen molar-refractivity contribution in [1.29, 1.82) is 0 Å². The fraction of sp³-hybridized carbons (Fsp3) is 0.625. The second-order valence-electron chi connectivity index (χ2n) is 5.70. The molecule has 3 amide bonds. The molecule has 1 heterocycles. The van der Waals surface area contributed by atoms with E-state index in [1.165, 1.54) is 12.2 Å². The largest absolute Gasteiger partial charge is 0.370 e. The average molecular weight is 308 g/mol. The van der Waals surface area contributed by atoms with Crippen LogP contribution in [-0.2, 0) is 19.2 Å². The number of imide groups is 1. The molecule has 0 bridgehead atoms. The molecular weight excluding hydrogens is 284 g/mol. The minimum atomic E-state index is -0.306. The lowest BCUT2D eigenvalue weighted by molar-refractivity contribution is -0.137. The van der Waals surface area contributed by atoms with Crippen LogP contribution in [0.2, 0.25) is 0 Å². The number of rotatable bonds is 11. The molecule has 0 aromatic heterocycles. The summed E-state index contributed by atoms with van der Waals surface area (Å²) in [5.41, 5.74) is 5.06. The number of hydrogen-bond donors (Lipinski definition) is 1. The third-order valence-corrected chi connectivity index (χ3v) is 3.82. The highest BCUT2D eigenvalue weighted by atomic mass is 16.2. The average Bonchev–Trinajstić information content (AvgIpc) is 2.77. The summed E-state index contributed by atoms with van der Waals surface area (Å²) in [4.78, 5) is 46.4. The number of carbonyl (C=O) groups excluding carboxylic acids is 4. The molecule has 0 aliphatic carbocycles. The smallest absolute Gasteiger partial charge is 0.253 e. The molecule has 1 rings (SSSR count). The maximum absolute atomic E-state index is 12.0. The second-order valence-corrected chi connectivity index (χ2v) is 5.70. The maximum atomic E-state index is 12.0. The van der Waals surface area contributed by atoms with Gasteiger partial charge in [0.25, 0.3) is 11.8 Å². The van der Waals surface area contributed by atoms with Gasteiger partial charge in [-0.2, -0.15) is 0 Å². The summed E-state index contributed by atoms with van der Waals surface area (Å²) in [6, 6.07) is 0. The fourth-order valence-electron chi connectivity index (χ4n) is 2.40. The van der Waals surface area contributed by atoms with Gasteiger partial charge in [-0.05, 0) is 19.3 Å². The lowest BCUT2D eigenvalue weighted by Gasteiger charge is -2.14. The van der Waals surface area contributed by atoms with E-state index in [2.05, 4.69) is 0 Å². The number of hydrogen-bond acceptors (Lipinski definition) is 4.